The lowest BCUT2D eigenvalue weighted by atomic mass is 10.1. The standard InChI is InChI=1S/C17H15N3O6S/c1-10(21)12-7-14-15(26-9-25-14)8-13(12)18-17(22)11-3-2-4-20-5-6-27(23,24)19-16(11)20/h2-4,7-8H,5-6,9H2,1H3,(H,18,22). The normalized spacial score (nSPS) is 19.1. The number of ether oxygens (including phenoxy) is 2. The number of allylic oxidation sites excluding steroid dienone is 2. The quantitative estimate of drug-likeness (QED) is 0.769. The van der Waals surface area contributed by atoms with Gasteiger partial charge in [-0.15, -0.1) is 4.40 Å². The molecule has 9 nitrogen and oxygen atoms in total. The highest BCUT2D eigenvalue weighted by Gasteiger charge is 2.30. The Kier molecular flexibility index (Phi) is 3.99. The van der Waals surface area contributed by atoms with E-state index in [-0.39, 0.29) is 47.5 Å². The number of anilines is 1. The molecule has 4 rings (SSSR count). The number of sulfonamides is 1. The molecule has 0 aliphatic carbocycles. The van der Waals surface area contributed by atoms with Crippen LogP contribution in [0.25, 0.3) is 0 Å². The molecular weight excluding hydrogens is 374 g/mol. The molecule has 3 aliphatic rings. The summed E-state index contributed by atoms with van der Waals surface area (Å²) >= 11 is 0. The van der Waals surface area contributed by atoms with Crippen LogP contribution in [-0.4, -0.2) is 49.9 Å². The lowest BCUT2D eigenvalue weighted by molar-refractivity contribution is -0.112. The van der Waals surface area contributed by atoms with Crippen molar-refractivity contribution in [1.29, 1.82) is 0 Å². The van der Waals surface area contributed by atoms with E-state index in [0.29, 0.717) is 11.5 Å². The molecule has 0 radical (unpaired) electrons. The molecule has 0 atom stereocenters. The van der Waals surface area contributed by atoms with E-state index in [1.807, 2.05) is 0 Å². The minimum Gasteiger partial charge on any atom is -0.454 e. The van der Waals surface area contributed by atoms with Crippen molar-refractivity contribution in [1.82, 2.24) is 4.90 Å². The fraction of sp³-hybridized carbons (Fsp3) is 0.235. The van der Waals surface area contributed by atoms with Crippen LogP contribution in [0.3, 0.4) is 0 Å². The summed E-state index contributed by atoms with van der Waals surface area (Å²) in [5.74, 6) is -0.0703. The number of amidine groups is 1. The Hall–Kier alpha value is -3.14. The molecule has 0 bridgehead atoms. The van der Waals surface area contributed by atoms with Gasteiger partial charge in [0.1, 0.15) is 0 Å². The third kappa shape index (κ3) is 3.19. The maximum absolute atomic E-state index is 12.8. The second-order valence-corrected chi connectivity index (χ2v) is 7.83. The fourth-order valence-corrected chi connectivity index (χ4v) is 3.91. The van der Waals surface area contributed by atoms with Crippen molar-refractivity contribution < 1.29 is 27.5 Å². The predicted molar refractivity (Wildman–Crippen MR) is 96.4 cm³/mol. The van der Waals surface area contributed by atoms with Crippen LogP contribution in [0.5, 0.6) is 11.5 Å². The van der Waals surface area contributed by atoms with Crippen molar-refractivity contribution >= 4 is 33.2 Å². The first kappa shape index (κ1) is 17.3. The molecule has 0 fully saturated rings. The smallest absolute Gasteiger partial charge is 0.259 e. The number of nitrogens with one attached hydrogen (secondary N) is 1. The van der Waals surface area contributed by atoms with Crippen LogP contribution in [0.2, 0.25) is 0 Å². The Morgan fingerprint density at radius 2 is 1.96 bits per heavy atom. The maximum Gasteiger partial charge on any atom is 0.259 e. The molecular formula is C17H15N3O6S. The molecule has 27 heavy (non-hydrogen) atoms. The highest BCUT2D eigenvalue weighted by molar-refractivity contribution is 7.90. The molecule has 1 aromatic rings. The van der Waals surface area contributed by atoms with Gasteiger partial charge in [0, 0.05) is 24.4 Å². The van der Waals surface area contributed by atoms with Gasteiger partial charge in [-0.3, -0.25) is 9.59 Å². The summed E-state index contributed by atoms with van der Waals surface area (Å²) in [6.07, 6.45) is 4.77. The Labute approximate surface area is 155 Å². The highest BCUT2D eigenvalue weighted by Crippen LogP contribution is 2.37. The molecule has 0 unspecified atom stereocenters. The van der Waals surface area contributed by atoms with Crippen LogP contribution in [0.1, 0.15) is 17.3 Å². The molecule has 10 heteroatoms. The van der Waals surface area contributed by atoms with Crippen molar-refractivity contribution in [3.63, 3.8) is 0 Å². The number of ketones is 1. The number of carbonyl (C=O) groups is 2. The number of Topliss-reactive ketones (excluding diaryl/α,β-unsaturated/α-hetero) is 1. The second-order valence-electron chi connectivity index (χ2n) is 6.08. The second kappa shape index (κ2) is 6.23. The largest absolute Gasteiger partial charge is 0.454 e. The molecule has 1 N–H and O–H groups in total. The van der Waals surface area contributed by atoms with Crippen molar-refractivity contribution in [3.05, 3.63) is 41.6 Å². The number of benzene rings is 1. The summed E-state index contributed by atoms with van der Waals surface area (Å²) in [4.78, 5) is 26.4. The Bertz CT molecular complexity index is 1050. The van der Waals surface area contributed by atoms with E-state index in [4.69, 9.17) is 9.47 Å². The molecule has 140 valence electrons. The van der Waals surface area contributed by atoms with Crippen LogP contribution in [0, 0.1) is 0 Å². The molecule has 1 amide bonds. The SMILES string of the molecule is CC(=O)c1cc2c(cc1NC(=O)C1=CC=CN3CCS(=O)(=O)N=C13)OCO2. The number of rotatable bonds is 3. The number of hydrogen-bond acceptors (Lipinski definition) is 7. The zero-order valence-corrected chi connectivity index (χ0v) is 15.1. The average molecular weight is 389 g/mol. The molecule has 3 heterocycles. The van der Waals surface area contributed by atoms with Gasteiger partial charge >= 0.3 is 0 Å². The van der Waals surface area contributed by atoms with E-state index in [1.54, 1.807) is 17.2 Å². The number of hydrogen-bond donors (Lipinski definition) is 1. The topological polar surface area (TPSA) is 114 Å². The molecule has 0 aromatic heterocycles. The van der Waals surface area contributed by atoms with E-state index in [9.17, 15) is 18.0 Å². The van der Waals surface area contributed by atoms with Gasteiger partial charge in [-0.25, -0.2) is 8.42 Å². The highest BCUT2D eigenvalue weighted by atomic mass is 32.2. The Morgan fingerprint density at radius 1 is 1.22 bits per heavy atom. The summed E-state index contributed by atoms with van der Waals surface area (Å²) in [5, 5.41) is 2.65. The lowest BCUT2D eigenvalue weighted by Crippen LogP contribution is -2.41. The van der Waals surface area contributed by atoms with Crippen LogP contribution >= 0.6 is 0 Å². The van der Waals surface area contributed by atoms with E-state index < -0.39 is 15.9 Å². The van der Waals surface area contributed by atoms with Crippen molar-refractivity contribution in [2.75, 3.05) is 24.4 Å². The van der Waals surface area contributed by atoms with Crippen LogP contribution in [0.4, 0.5) is 5.69 Å². The summed E-state index contributed by atoms with van der Waals surface area (Å²) in [7, 11) is -3.62. The van der Waals surface area contributed by atoms with E-state index in [0.717, 1.165) is 0 Å². The van der Waals surface area contributed by atoms with Gasteiger partial charge in [-0.05, 0) is 25.1 Å². The number of carbonyl (C=O) groups excluding carboxylic acids is 2. The van der Waals surface area contributed by atoms with Gasteiger partial charge in [0.15, 0.2) is 23.1 Å². The number of nitrogens with zero attached hydrogens (tertiary/aromatic N) is 2. The maximum atomic E-state index is 12.8. The van der Waals surface area contributed by atoms with Gasteiger partial charge in [0.05, 0.1) is 17.0 Å². The van der Waals surface area contributed by atoms with Crippen molar-refractivity contribution in [2.45, 2.75) is 6.92 Å². The van der Waals surface area contributed by atoms with Crippen LogP contribution in [0.15, 0.2) is 40.5 Å². The fourth-order valence-electron chi connectivity index (χ4n) is 2.92. The third-order valence-corrected chi connectivity index (χ3v) is 5.39. The molecule has 0 saturated heterocycles. The van der Waals surface area contributed by atoms with E-state index in [2.05, 4.69) is 9.71 Å². The van der Waals surface area contributed by atoms with Crippen molar-refractivity contribution in [3.8, 4) is 11.5 Å². The average Bonchev–Trinajstić information content (AvgIpc) is 3.07. The minimum atomic E-state index is -3.62. The van der Waals surface area contributed by atoms with Crippen molar-refractivity contribution in [2.24, 2.45) is 4.40 Å². The van der Waals surface area contributed by atoms with Crippen LogP contribution in [-0.2, 0) is 14.8 Å². The number of amides is 1. The molecule has 0 saturated carbocycles. The summed E-state index contributed by atoms with van der Waals surface area (Å²) in [5.41, 5.74) is 0.598. The first-order chi connectivity index (χ1) is 12.8. The Morgan fingerprint density at radius 3 is 2.70 bits per heavy atom. The minimum absolute atomic E-state index is 0.0314. The summed E-state index contributed by atoms with van der Waals surface area (Å²) in [6, 6.07) is 3.01. The lowest BCUT2D eigenvalue weighted by Gasteiger charge is -2.28. The van der Waals surface area contributed by atoms with E-state index >= 15 is 0 Å². The van der Waals surface area contributed by atoms with Gasteiger partial charge < -0.3 is 19.7 Å². The van der Waals surface area contributed by atoms with Gasteiger partial charge in [0.2, 0.25) is 6.79 Å². The van der Waals surface area contributed by atoms with Gasteiger partial charge in [-0.1, -0.05) is 0 Å². The zero-order chi connectivity index (χ0) is 19.2. The monoisotopic (exact) mass is 389 g/mol. The molecule has 0 spiro atoms. The predicted octanol–water partition coefficient (Wildman–Crippen LogP) is 1.05. The van der Waals surface area contributed by atoms with Gasteiger partial charge in [-0.2, -0.15) is 0 Å². The Balaban J connectivity index is 1.69. The zero-order valence-electron chi connectivity index (χ0n) is 14.3. The summed E-state index contributed by atoms with van der Waals surface area (Å²) in [6.45, 7) is 1.62. The first-order valence-corrected chi connectivity index (χ1v) is 9.69. The number of fused-ring (bicyclic) bond motifs is 2. The summed E-state index contributed by atoms with van der Waals surface area (Å²) < 4.78 is 37.9. The molecule has 1 aromatic carbocycles. The first-order valence-electron chi connectivity index (χ1n) is 8.08. The van der Waals surface area contributed by atoms with Gasteiger partial charge in [0.25, 0.3) is 15.9 Å². The van der Waals surface area contributed by atoms with E-state index in [1.165, 1.54) is 25.1 Å². The third-order valence-electron chi connectivity index (χ3n) is 4.24. The molecule has 3 aliphatic heterocycles. The van der Waals surface area contributed by atoms with Crippen LogP contribution < -0.4 is 14.8 Å².